The molecule has 0 atom stereocenters. The summed E-state index contributed by atoms with van der Waals surface area (Å²) in [6.07, 6.45) is 1.77. The van der Waals surface area contributed by atoms with Crippen molar-refractivity contribution >= 4 is 51.9 Å². The maximum absolute atomic E-state index is 12.8. The lowest BCUT2D eigenvalue weighted by atomic mass is 10.2. The molecule has 27 heavy (non-hydrogen) atoms. The van der Waals surface area contributed by atoms with E-state index in [2.05, 4.69) is 0 Å². The fourth-order valence-electron chi connectivity index (χ4n) is 2.66. The van der Waals surface area contributed by atoms with E-state index in [1.807, 2.05) is 48.5 Å². The van der Waals surface area contributed by atoms with Crippen LogP contribution in [0.25, 0.3) is 6.08 Å². The van der Waals surface area contributed by atoms with Crippen molar-refractivity contribution < 1.29 is 14.7 Å². The number of hydrogen-bond acceptors (Lipinski definition) is 5. The molecular weight excluding hydrogens is 380 g/mol. The second kappa shape index (κ2) is 8.94. The minimum Gasteiger partial charge on any atom is -0.395 e. The number of carbonyl (C=O) groups excluding carboxylic acids is 2. The predicted octanol–water partition coefficient (Wildman–Crippen LogP) is 2.91. The van der Waals surface area contributed by atoms with Gasteiger partial charge in [-0.3, -0.25) is 14.5 Å². The first kappa shape index (κ1) is 19.3. The van der Waals surface area contributed by atoms with Crippen molar-refractivity contribution in [3.05, 3.63) is 71.1 Å². The van der Waals surface area contributed by atoms with Gasteiger partial charge in [0.25, 0.3) is 5.91 Å². The molecule has 1 aliphatic heterocycles. The van der Waals surface area contributed by atoms with Crippen LogP contribution < -0.4 is 4.90 Å². The molecule has 0 saturated carbocycles. The first-order chi connectivity index (χ1) is 13.1. The average molecular weight is 399 g/mol. The molecule has 0 unspecified atom stereocenters. The van der Waals surface area contributed by atoms with Crippen LogP contribution in [-0.4, -0.2) is 45.8 Å². The molecule has 1 heterocycles. The average Bonchev–Trinajstić information content (AvgIpc) is 2.95. The van der Waals surface area contributed by atoms with Crippen molar-refractivity contribution in [2.75, 3.05) is 24.6 Å². The van der Waals surface area contributed by atoms with E-state index < -0.39 is 0 Å². The molecule has 0 aromatic heterocycles. The molecule has 5 nitrogen and oxygen atoms in total. The summed E-state index contributed by atoms with van der Waals surface area (Å²) in [5, 5.41) is 9.30. The lowest BCUT2D eigenvalue weighted by Gasteiger charge is -2.24. The van der Waals surface area contributed by atoms with E-state index >= 15 is 0 Å². The summed E-state index contributed by atoms with van der Waals surface area (Å²) in [4.78, 5) is 28.7. The predicted molar refractivity (Wildman–Crippen MR) is 112 cm³/mol. The zero-order valence-electron chi connectivity index (χ0n) is 14.4. The molecule has 3 rings (SSSR count). The van der Waals surface area contributed by atoms with Crippen molar-refractivity contribution in [3.63, 3.8) is 0 Å². The Morgan fingerprint density at radius 3 is 2.37 bits per heavy atom. The fraction of sp³-hybridized carbons (Fsp3) is 0.150. The van der Waals surface area contributed by atoms with Crippen molar-refractivity contribution in [2.24, 2.45) is 0 Å². The number of amides is 2. The van der Waals surface area contributed by atoms with Gasteiger partial charge in [-0.2, -0.15) is 0 Å². The van der Waals surface area contributed by atoms with E-state index in [0.717, 1.165) is 5.56 Å². The van der Waals surface area contributed by atoms with Gasteiger partial charge >= 0.3 is 0 Å². The first-order valence-corrected chi connectivity index (χ1v) is 9.59. The van der Waals surface area contributed by atoms with Gasteiger partial charge in [0.1, 0.15) is 10.9 Å². The number of anilines is 1. The molecule has 2 aromatic carbocycles. The lowest BCUT2D eigenvalue weighted by molar-refractivity contribution is -0.127. The summed E-state index contributed by atoms with van der Waals surface area (Å²) in [7, 11) is 0. The van der Waals surface area contributed by atoms with Gasteiger partial charge in [0.05, 0.1) is 11.5 Å². The van der Waals surface area contributed by atoms with Gasteiger partial charge in [-0.1, -0.05) is 72.5 Å². The first-order valence-electron chi connectivity index (χ1n) is 8.37. The zero-order valence-corrected chi connectivity index (χ0v) is 16.1. The number of hydrogen-bond donors (Lipinski definition) is 1. The minimum absolute atomic E-state index is 0.150. The van der Waals surface area contributed by atoms with Crippen molar-refractivity contribution in [1.82, 2.24) is 4.90 Å². The Bertz CT molecular complexity index is 869. The highest BCUT2D eigenvalue weighted by Gasteiger charge is 2.34. The van der Waals surface area contributed by atoms with E-state index in [4.69, 9.17) is 12.2 Å². The number of thiocarbonyl (C=S) groups is 1. The van der Waals surface area contributed by atoms with Gasteiger partial charge in [-0.25, -0.2) is 0 Å². The fourth-order valence-corrected chi connectivity index (χ4v) is 3.92. The Balaban J connectivity index is 1.76. The van der Waals surface area contributed by atoms with Crippen LogP contribution in [0.2, 0.25) is 0 Å². The summed E-state index contributed by atoms with van der Waals surface area (Å²) in [5.41, 5.74) is 1.57. The van der Waals surface area contributed by atoms with Gasteiger partial charge in [0.2, 0.25) is 5.91 Å². The molecular formula is C20H18N2O3S2. The van der Waals surface area contributed by atoms with Gasteiger partial charge in [0, 0.05) is 12.2 Å². The number of rotatable bonds is 6. The largest absolute Gasteiger partial charge is 0.395 e. The number of aliphatic hydroxyl groups is 1. The van der Waals surface area contributed by atoms with E-state index in [-0.39, 0.29) is 31.5 Å². The maximum Gasteiger partial charge on any atom is 0.266 e. The third kappa shape index (κ3) is 4.63. The molecule has 0 spiro atoms. The van der Waals surface area contributed by atoms with Crippen LogP contribution in [0.3, 0.4) is 0 Å². The van der Waals surface area contributed by atoms with Crippen LogP contribution in [0.5, 0.6) is 0 Å². The number of carbonyl (C=O) groups is 2. The Morgan fingerprint density at radius 2 is 1.74 bits per heavy atom. The summed E-state index contributed by atoms with van der Waals surface area (Å²) in [6, 6.07) is 18.5. The smallest absolute Gasteiger partial charge is 0.266 e. The van der Waals surface area contributed by atoms with Crippen LogP contribution in [-0.2, 0) is 9.59 Å². The third-order valence-electron chi connectivity index (χ3n) is 3.96. The number of nitrogens with zero attached hydrogens (tertiary/aromatic N) is 2. The van der Waals surface area contributed by atoms with Gasteiger partial charge in [-0.05, 0) is 23.8 Å². The molecule has 1 aliphatic rings. The van der Waals surface area contributed by atoms with Crippen LogP contribution >= 0.6 is 24.0 Å². The number of thioether (sulfide) groups is 1. The molecule has 2 amide bonds. The molecule has 2 aromatic rings. The number of benzene rings is 2. The summed E-state index contributed by atoms with van der Waals surface area (Å²) in [6.45, 7) is -0.184. The maximum atomic E-state index is 12.8. The summed E-state index contributed by atoms with van der Waals surface area (Å²) in [5.74, 6) is -0.577. The Morgan fingerprint density at radius 1 is 1.11 bits per heavy atom. The minimum atomic E-state index is -0.299. The molecule has 0 bridgehead atoms. The van der Waals surface area contributed by atoms with Gasteiger partial charge in [0.15, 0.2) is 0 Å². The second-order valence-corrected chi connectivity index (χ2v) is 7.46. The third-order valence-corrected chi connectivity index (χ3v) is 5.33. The Labute approximate surface area is 167 Å². The molecule has 0 radical (unpaired) electrons. The summed E-state index contributed by atoms with van der Waals surface area (Å²) >= 11 is 6.49. The van der Waals surface area contributed by atoms with Crippen molar-refractivity contribution in [2.45, 2.75) is 0 Å². The second-order valence-electron chi connectivity index (χ2n) is 5.78. The number of aliphatic hydroxyl groups excluding tert-OH is 1. The van der Waals surface area contributed by atoms with E-state index in [0.29, 0.717) is 14.9 Å². The molecule has 138 valence electrons. The van der Waals surface area contributed by atoms with Gasteiger partial charge in [-0.15, -0.1) is 0 Å². The standard InChI is InChI=1S/C20H18N2O3S2/c23-12-11-21(16-9-5-2-6-10-16)18(24)14-22-19(25)17(27-20(22)26)13-15-7-3-1-4-8-15/h1-10,13,23H,11-12,14H2/b17-13-. The van der Waals surface area contributed by atoms with E-state index in [9.17, 15) is 14.7 Å². The van der Waals surface area contributed by atoms with E-state index in [1.165, 1.54) is 21.6 Å². The summed E-state index contributed by atoms with van der Waals surface area (Å²) < 4.78 is 0.354. The Kier molecular flexibility index (Phi) is 6.39. The highest BCUT2D eigenvalue weighted by Crippen LogP contribution is 2.32. The normalized spacial score (nSPS) is 15.4. The lowest BCUT2D eigenvalue weighted by Crippen LogP contribution is -2.43. The van der Waals surface area contributed by atoms with Gasteiger partial charge < -0.3 is 10.0 Å². The van der Waals surface area contributed by atoms with Crippen LogP contribution in [0.4, 0.5) is 5.69 Å². The zero-order chi connectivity index (χ0) is 19.2. The van der Waals surface area contributed by atoms with Crippen LogP contribution in [0.1, 0.15) is 5.56 Å². The highest BCUT2D eigenvalue weighted by atomic mass is 32.2. The molecule has 1 fully saturated rings. The SMILES string of the molecule is O=C1/C(=C/c2ccccc2)SC(=S)N1CC(=O)N(CCO)c1ccccc1. The number of para-hydroxylation sites is 1. The Hall–Kier alpha value is -2.48. The molecule has 7 heteroatoms. The monoisotopic (exact) mass is 398 g/mol. The molecule has 0 aliphatic carbocycles. The topological polar surface area (TPSA) is 60.9 Å². The van der Waals surface area contributed by atoms with Crippen LogP contribution in [0, 0.1) is 0 Å². The van der Waals surface area contributed by atoms with Crippen molar-refractivity contribution in [1.29, 1.82) is 0 Å². The highest BCUT2D eigenvalue weighted by molar-refractivity contribution is 8.26. The molecule has 1 saturated heterocycles. The van der Waals surface area contributed by atoms with Crippen molar-refractivity contribution in [3.8, 4) is 0 Å². The molecule has 1 N–H and O–H groups in total. The van der Waals surface area contributed by atoms with Crippen LogP contribution in [0.15, 0.2) is 65.6 Å². The van der Waals surface area contributed by atoms with E-state index in [1.54, 1.807) is 18.2 Å². The quantitative estimate of drug-likeness (QED) is 0.599.